The predicted octanol–water partition coefficient (Wildman–Crippen LogP) is 1.68. The molecule has 0 radical (unpaired) electrons. The number of rotatable bonds is 7. The van der Waals surface area contributed by atoms with Gasteiger partial charge in [0.2, 0.25) is 0 Å². The Kier molecular flexibility index (Phi) is 6.38. The molecule has 0 saturated heterocycles. The second-order valence-electron chi connectivity index (χ2n) is 6.48. The molecule has 0 aromatic heterocycles. The van der Waals surface area contributed by atoms with Gasteiger partial charge in [0.1, 0.15) is 18.3 Å². The topological polar surface area (TPSA) is 42.8 Å². The van der Waals surface area contributed by atoms with Crippen molar-refractivity contribution in [1.82, 2.24) is 5.32 Å². The summed E-state index contributed by atoms with van der Waals surface area (Å²) in [7, 11) is 4.15. The van der Waals surface area contributed by atoms with E-state index in [0.29, 0.717) is 0 Å². The molecule has 0 bridgehead atoms. The van der Waals surface area contributed by atoms with Crippen molar-refractivity contribution in [3.63, 3.8) is 0 Å². The zero-order chi connectivity index (χ0) is 17.5. The van der Waals surface area contributed by atoms with E-state index in [0.717, 1.165) is 23.4 Å². The maximum atomic E-state index is 12.3. The molecule has 0 fully saturated rings. The number of ether oxygens (including phenoxy) is 1. The second kappa shape index (κ2) is 8.50. The molecule has 0 saturated carbocycles. The lowest BCUT2D eigenvalue weighted by atomic mass is 10.1. The highest BCUT2D eigenvalue weighted by atomic mass is 16.5. The molecule has 2 aromatic carbocycles. The van der Waals surface area contributed by atoms with Crippen LogP contribution in [0, 0.1) is 13.8 Å². The summed E-state index contributed by atoms with van der Waals surface area (Å²) in [4.78, 5) is 13.6. The summed E-state index contributed by atoms with van der Waals surface area (Å²) in [6.07, 6.45) is 0. The average molecular weight is 327 g/mol. The zero-order valence-corrected chi connectivity index (χ0v) is 14.9. The van der Waals surface area contributed by atoms with Crippen molar-refractivity contribution in [2.45, 2.75) is 19.9 Å². The number of hydrogen-bond acceptors (Lipinski definition) is 2. The number of carbonyl (C=O) groups excluding carboxylic acids is 1. The second-order valence-corrected chi connectivity index (χ2v) is 6.48. The van der Waals surface area contributed by atoms with Crippen molar-refractivity contribution in [3.8, 4) is 5.75 Å². The monoisotopic (exact) mass is 327 g/mol. The van der Waals surface area contributed by atoms with E-state index in [-0.39, 0.29) is 18.6 Å². The molecule has 0 spiro atoms. The Bertz CT molecular complexity index is 669. The number of carbonyl (C=O) groups is 1. The van der Waals surface area contributed by atoms with Gasteiger partial charge in [0.05, 0.1) is 14.1 Å². The standard InChI is InChI=1S/C20H26N2O2/c1-15-10-11-18(12-16(15)2)24-14-20(23)21-19(13-22(3)4)17-8-6-5-7-9-17/h5-12,19H,13-14H2,1-4H3,(H,21,23)/p+1/t19-/m1/s1. The fraction of sp³-hybridized carbons (Fsp3) is 0.350. The van der Waals surface area contributed by atoms with Crippen LogP contribution in [-0.2, 0) is 4.79 Å². The van der Waals surface area contributed by atoms with Gasteiger partial charge in [0, 0.05) is 0 Å². The van der Waals surface area contributed by atoms with Crippen molar-refractivity contribution in [1.29, 1.82) is 0 Å². The van der Waals surface area contributed by atoms with Crippen molar-refractivity contribution >= 4 is 5.91 Å². The molecule has 1 amide bonds. The SMILES string of the molecule is Cc1ccc(OCC(=O)N[C@H](C[NH+](C)C)c2ccccc2)cc1C. The lowest BCUT2D eigenvalue weighted by Crippen LogP contribution is -3.06. The maximum absolute atomic E-state index is 12.3. The average Bonchev–Trinajstić information content (AvgIpc) is 2.56. The van der Waals surface area contributed by atoms with Crippen LogP contribution in [0.4, 0.5) is 0 Å². The van der Waals surface area contributed by atoms with E-state index in [4.69, 9.17) is 4.74 Å². The summed E-state index contributed by atoms with van der Waals surface area (Å²) in [6.45, 7) is 4.93. The highest BCUT2D eigenvalue weighted by molar-refractivity contribution is 5.78. The fourth-order valence-corrected chi connectivity index (χ4v) is 2.53. The summed E-state index contributed by atoms with van der Waals surface area (Å²) in [6, 6.07) is 15.9. The van der Waals surface area contributed by atoms with Crippen molar-refractivity contribution in [3.05, 3.63) is 65.2 Å². The van der Waals surface area contributed by atoms with Crippen LogP contribution in [-0.4, -0.2) is 33.2 Å². The van der Waals surface area contributed by atoms with Crippen LogP contribution >= 0.6 is 0 Å². The van der Waals surface area contributed by atoms with Gasteiger partial charge in [-0.2, -0.15) is 0 Å². The first-order valence-electron chi connectivity index (χ1n) is 8.29. The molecule has 2 N–H and O–H groups in total. The van der Waals surface area contributed by atoms with Gasteiger partial charge in [0.25, 0.3) is 5.91 Å². The van der Waals surface area contributed by atoms with Gasteiger partial charge >= 0.3 is 0 Å². The Morgan fingerprint density at radius 3 is 2.42 bits per heavy atom. The molecule has 0 unspecified atom stereocenters. The molecule has 4 heteroatoms. The van der Waals surface area contributed by atoms with Gasteiger partial charge in [-0.05, 0) is 42.7 Å². The normalized spacial score (nSPS) is 12.0. The van der Waals surface area contributed by atoms with Crippen LogP contribution < -0.4 is 15.0 Å². The van der Waals surface area contributed by atoms with Crippen molar-refractivity contribution in [2.24, 2.45) is 0 Å². The molecule has 0 heterocycles. The number of likely N-dealkylation sites (N-methyl/N-ethyl adjacent to an activating group) is 1. The molecule has 24 heavy (non-hydrogen) atoms. The number of aryl methyl sites for hydroxylation is 2. The van der Waals surface area contributed by atoms with Crippen molar-refractivity contribution in [2.75, 3.05) is 27.2 Å². The van der Waals surface area contributed by atoms with Gasteiger partial charge in [-0.15, -0.1) is 0 Å². The van der Waals surface area contributed by atoms with Gasteiger partial charge < -0.3 is 15.0 Å². The number of nitrogens with one attached hydrogen (secondary N) is 2. The molecule has 0 aliphatic heterocycles. The van der Waals surface area contributed by atoms with Crippen molar-refractivity contribution < 1.29 is 14.4 Å². The van der Waals surface area contributed by atoms with E-state index in [1.165, 1.54) is 10.5 Å². The summed E-state index contributed by atoms with van der Waals surface area (Å²) < 4.78 is 5.63. The Morgan fingerprint density at radius 2 is 1.79 bits per heavy atom. The minimum Gasteiger partial charge on any atom is -0.484 e. The van der Waals surface area contributed by atoms with Crippen LogP contribution in [0.15, 0.2) is 48.5 Å². The molecular formula is C20H27N2O2+. The van der Waals surface area contributed by atoms with E-state index < -0.39 is 0 Å². The highest BCUT2D eigenvalue weighted by Crippen LogP contribution is 2.16. The first-order chi connectivity index (χ1) is 11.5. The first kappa shape index (κ1) is 18.0. The third kappa shape index (κ3) is 5.39. The molecule has 0 aliphatic carbocycles. The van der Waals surface area contributed by atoms with Crippen LogP contribution in [0.25, 0.3) is 0 Å². The van der Waals surface area contributed by atoms with E-state index in [2.05, 4.69) is 26.3 Å². The molecule has 1 atom stereocenters. The van der Waals surface area contributed by atoms with E-state index in [9.17, 15) is 4.79 Å². The Labute approximate surface area is 144 Å². The molecule has 128 valence electrons. The highest BCUT2D eigenvalue weighted by Gasteiger charge is 2.17. The van der Waals surface area contributed by atoms with Gasteiger partial charge in [-0.1, -0.05) is 36.4 Å². The Balaban J connectivity index is 1.96. The summed E-state index contributed by atoms with van der Waals surface area (Å²) >= 11 is 0. The molecule has 0 aliphatic rings. The lowest BCUT2D eigenvalue weighted by Gasteiger charge is -2.21. The summed E-state index contributed by atoms with van der Waals surface area (Å²) in [5.41, 5.74) is 3.48. The van der Waals surface area contributed by atoms with E-state index in [1.807, 2.05) is 55.5 Å². The third-order valence-corrected chi connectivity index (χ3v) is 4.00. The van der Waals surface area contributed by atoms with Gasteiger partial charge in [-0.25, -0.2) is 0 Å². The van der Waals surface area contributed by atoms with Crippen LogP contribution in [0.1, 0.15) is 22.7 Å². The van der Waals surface area contributed by atoms with Crippen LogP contribution in [0.3, 0.4) is 0 Å². The molecular weight excluding hydrogens is 300 g/mol. The van der Waals surface area contributed by atoms with Crippen LogP contribution in [0.2, 0.25) is 0 Å². The fourth-order valence-electron chi connectivity index (χ4n) is 2.53. The summed E-state index contributed by atoms with van der Waals surface area (Å²) in [5.74, 6) is 0.617. The number of amides is 1. The molecule has 4 nitrogen and oxygen atoms in total. The number of benzene rings is 2. The quantitative estimate of drug-likeness (QED) is 0.813. The maximum Gasteiger partial charge on any atom is 0.258 e. The lowest BCUT2D eigenvalue weighted by molar-refractivity contribution is -0.860. The van der Waals surface area contributed by atoms with Gasteiger partial charge in [-0.3, -0.25) is 4.79 Å². The van der Waals surface area contributed by atoms with Gasteiger partial charge in [0.15, 0.2) is 6.61 Å². The molecule has 2 rings (SSSR count). The first-order valence-corrected chi connectivity index (χ1v) is 8.29. The zero-order valence-electron chi connectivity index (χ0n) is 14.9. The smallest absolute Gasteiger partial charge is 0.258 e. The summed E-state index contributed by atoms with van der Waals surface area (Å²) in [5, 5.41) is 3.08. The predicted molar refractivity (Wildman–Crippen MR) is 96.4 cm³/mol. The van der Waals surface area contributed by atoms with E-state index in [1.54, 1.807) is 0 Å². The van der Waals surface area contributed by atoms with Crippen LogP contribution in [0.5, 0.6) is 5.75 Å². The minimum atomic E-state index is -0.108. The number of hydrogen-bond donors (Lipinski definition) is 2. The molecule has 2 aromatic rings. The Morgan fingerprint density at radius 1 is 1.08 bits per heavy atom. The minimum absolute atomic E-state index is 0.0212. The third-order valence-electron chi connectivity index (χ3n) is 4.00. The van der Waals surface area contributed by atoms with E-state index >= 15 is 0 Å². The largest absolute Gasteiger partial charge is 0.484 e. The Hall–Kier alpha value is -2.33. The number of quaternary nitrogens is 1.